The van der Waals surface area contributed by atoms with Crippen LogP contribution in [0.5, 0.6) is 0 Å². The molecule has 0 aromatic heterocycles. The van der Waals surface area contributed by atoms with Crippen LogP contribution >= 0.6 is 0 Å². The zero-order valence-electron chi connectivity index (χ0n) is 12.1. The van der Waals surface area contributed by atoms with E-state index in [1.165, 1.54) is 12.8 Å². The van der Waals surface area contributed by atoms with Gasteiger partial charge in [0.05, 0.1) is 6.54 Å². The lowest BCUT2D eigenvalue weighted by Gasteiger charge is -2.20. The summed E-state index contributed by atoms with van der Waals surface area (Å²) < 4.78 is 0. The Morgan fingerprint density at radius 2 is 1.90 bits per heavy atom. The normalized spacial score (nSPS) is 15.2. The number of rotatable bonds is 1. The lowest BCUT2D eigenvalue weighted by Crippen LogP contribution is -2.31. The van der Waals surface area contributed by atoms with Crippen molar-refractivity contribution in [3.05, 3.63) is 34.9 Å². The van der Waals surface area contributed by atoms with Gasteiger partial charge in [-0.2, -0.15) is 0 Å². The second-order valence-corrected chi connectivity index (χ2v) is 5.30. The van der Waals surface area contributed by atoms with Crippen LogP contribution in [0.1, 0.15) is 47.2 Å². The van der Waals surface area contributed by atoms with E-state index in [0.29, 0.717) is 6.54 Å². The summed E-state index contributed by atoms with van der Waals surface area (Å²) in [6.07, 6.45) is 4.67. The molecular formula is C17H22N2O. The quantitative estimate of drug-likeness (QED) is 0.796. The number of carbonyl (C=O) groups excluding carboxylic acids is 1. The molecule has 1 amide bonds. The first-order valence-corrected chi connectivity index (χ1v) is 7.30. The van der Waals surface area contributed by atoms with Gasteiger partial charge in [0, 0.05) is 24.2 Å². The number of likely N-dealkylation sites (tertiary alicyclic amines) is 1. The van der Waals surface area contributed by atoms with Crippen molar-refractivity contribution in [2.75, 3.05) is 19.6 Å². The molecule has 0 spiro atoms. The fraction of sp³-hybridized carbons (Fsp3) is 0.471. The van der Waals surface area contributed by atoms with Crippen LogP contribution in [0.25, 0.3) is 0 Å². The molecule has 1 aromatic rings. The number of hydrogen-bond acceptors (Lipinski definition) is 2. The third-order valence-corrected chi connectivity index (χ3v) is 3.55. The molecule has 0 aliphatic carbocycles. The number of hydrogen-bond donors (Lipinski definition) is 1. The topological polar surface area (TPSA) is 46.3 Å². The van der Waals surface area contributed by atoms with E-state index in [2.05, 4.69) is 11.8 Å². The Labute approximate surface area is 121 Å². The van der Waals surface area contributed by atoms with E-state index >= 15 is 0 Å². The molecule has 1 fully saturated rings. The fourth-order valence-electron chi connectivity index (χ4n) is 2.59. The number of amides is 1. The van der Waals surface area contributed by atoms with Crippen molar-refractivity contribution in [2.45, 2.75) is 32.6 Å². The molecule has 1 saturated heterocycles. The molecular weight excluding hydrogens is 248 g/mol. The summed E-state index contributed by atoms with van der Waals surface area (Å²) in [6.45, 7) is 4.07. The van der Waals surface area contributed by atoms with Gasteiger partial charge in [-0.1, -0.05) is 24.7 Å². The van der Waals surface area contributed by atoms with Gasteiger partial charge in [0.25, 0.3) is 5.91 Å². The molecule has 106 valence electrons. The average Bonchev–Trinajstić information content (AvgIpc) is 2.72. The van der Waals surface area contributed by atoms with Crippen molar-refractivity contribution < 1.29 is 4.79 Å². The van der Waals surface area contributed by atoms with Crippen LogP contribution in [-0.4, -0.2) is 30.4 Å². The monoisotopic (exact) mass is 270 g/mol. The second-order valence-electron chi connectivity index (χ2n) is 5.30. The Balaban J connectivity index is 2.22. The largest absolute Gasteiger partial charge is 0.339 e. The predicted octanol–water partition coefficient (Wildman–Crippen LogP) is 2.32. The van der Waals surface area contributed by atoms with Gasteiger partial charge in [-0.25, -0.2) is 0 Å². The summed E-state index contributed by atoms with van der Waals surface area (Å²) >= 11 is 0. The maximum absolute atomic E-state index is 12.6. The molecule has 1 heterocycles. The Morgan fingerprint density at radius 1 is 1.20 bits per heavy atom. The van der Waals surface area contributed by atoms with Crippen LogP contribution < -0.4 is 5.73 Å². The van der Waals surface area contributed by atoms with Crippen molar-refractivity contribution in [3.8, 4) is 11.8 Å². The predicted molar refractivity (Wildman–Crippen MR) is 81.5 cm³/mol. The van der Waals surface area contributed by atoms with E-state index in [0.717, 1.165) is 42.6 Å². The third-order valence-electron chi connectivity index (χ3n) is 3.55. The van der Waals surface area contributed by atoms with Crippen molar-refractivity contribution in [3.63, 3.8) is 0 Å². The fourth-order valence-corrected chi connectivity index (χ4v) is 2.59. The van der Waals surface area contributed by atoms with Crippen LogP contribution in [-0.2, 0) is 0 Å². The van der Waals surface area contributed by atoms with Crippen molar-refractivity contribution in [1.82, 2.24) is 4.90 Å². The standard InChI is InChI=1S/C17H22N2O/c1-14-11-15(7-6-8-18)13-16(12-14)17(20)19-9-4-2-3-5-10-19/h11-13H,2-5,8-10,18H2,1H3. The van der Waals surface area contributed by atoms with Gasteiger partial charge in [0.1, 0.15) is 0 Å². The van der Waals surface area contributed by atoms with E-state index < -0.39 is 0 Å². The molecule has 0 unspecified atom stereocenters. The minimum atomic E-state index is 0.131. The van der Waals surface area contributed by atoms with E-state index in [1.54, 1.807) is 0 Å². The summed E-state index contributed by atoms with van der Waals surface area (Å²) in [7, 11) is 0. The minimum Gasteiger partial charge on any atom is -0.339 e. The van der Waals surface area contributed by atoms with Crippen LogP contribution in [0.4, 0.5) is 0 Å². The van der Waals surface area contributed by atoms with Crippen LogP contribution in [0.2, 0.25) is 0 Å². The van der Waals surface area contributed by atoms with Gasteiger partial charge in [-0.3, -0.25) is 4.79 Å². The summed E-state index contributed by atoms with van der Waals surface area (Å²) in [4.78, 5) is 14.6. The molecule has 2 N–H and O–H groups in total. The van der Waals surface area contributed by atoms with Crippen LogP contribution in [0.3, 0.4) is 0 Å². The molecule has 0 bridgehead atoms. The SMILES string of the molecule is Cc1cc(C#CCN)cc(C(=O)N2CCCCCC2)c1. The molecule has 2 rings (SSSR count). The highest BCUT2D eigenvalue weighted by Crippen LogP contribution is 2.15. The van der Waals surface area contributed by atoms with Gasteiger partial charge < -0.3 is 10.6 Å². The van der Waals surface area contributed by atoms with Crippen molar-refractivity contribution >= 4 is 5.91 Å². The molecule has 1 aromatic carbocycles. The number of aryl methyl sites for hydroxylation is 1. The molecule has 3 nitrogen and oxygen atoms in total. The highest BCUT2D eigenvalue weighted by molar-refractivity contribution is 5.94. The van der Waals surface area contributed by atoms with Gasteiger partial charge in [0.15, 0.2) is 0 Å². The van der Waals surface area contributed by atoms with Crippen LogP contribution in [0.15, 0.2) is 18.2 Å². The molecule has 3 heteroatoms. The summed E-state index contributed by atoms with van der Waals surface area (Å²) in [6, 6.07) is 5.81. The second kappa shape index (κ2) is 7.12. The van der Waals surface area contributed by atoms with Crippen molar-refractivity contribution in [1.29, 1.82) is 0 Å². The Bertz CT molecular complexity index is 532. The zero-order valence-corrected chi connectivity index (χ0v) is 12.1. The number of nitrogens with zero attached hydrogens (tertiary/aromatic N) is 1. The smallest absolute Gasteiger partial charge is 0.253 e. The Hall–Kier alpha value is -1.79. The van der Waals surface area contributed by atoms with Gasteiger partial charge in [-0.05, 0) is 43.5 Å². The number of carbonyl (C=O) groups is 1. The molecule has 0 atom stereocenters. The Morgan fingerprint density at radius 3 is 2.55 bits per heavy atom. The van der Waals surface area contributed by atoms with Gasteiger partial charge in [0.2, 0.25) is 0 Å². The summed E-state index contributed by atoms with van der Waals surface area (Å²) in [5.41, 5.74) is 8.07. The van der Waals surface area contributed by atoms with Gasteiger partial charge in [-0.15, -0.1) is 0 Å². The average molecular weight is 270 g/mol. The number of benzene rings is 1. The lowest BCUT2D eigenvalue weighted by atomic mass is 10.1. The lowest BCUT2D eigenvalue weighted by molar-refractivity contribution is 0.0761. The first-order valence-electron chi connectivity index (χ1n) is 7.30. The third kappa shape index (κ3) is 3.85. The zero-order chi connectivity index (χ0) is 14.4. The van der Waals surface area contributed by atoms with E-state index in [9.17, 15) is 4.79 Å². The molecule has 0 radical (unpaired) electrons. The summed E-state index contributed by atoms with van der Waals surface area (Å²) in [5.74, 6) is 5.98. The number of nitrogens with two attached hydrogens (primary N) is 1. The molecule has 20 heavy (non-hydrogen) atoms. The first kappa shape index (κ1) is 14.6. The molecule has 0 saturated carbocycles. The first-order chi connectivity index (χ1) is 9.70. The minimum absolute atomic E-state index is 0.131. The van der Waals surface area contributed by atoms with E-state index in [4.69, 9.17) is 5.73 Å². The summed E-state index contributed by atoms with van der Waals surface area (Å²) in [5, 5.41) is 0. The van der Waals surface area contributed by atoms with Crippen molar-refractivity contribution in [2.24, 2.45) is 5.73 Å². The Kier molecular flexibility index (Phi) is 5.20. The van der Waals surface area contributed by atoms with Crippen LogP contribution in [0, 0.1) is 18.8 Å². The van der Waals surface area contributed by atoms with Gasteiger partial charge >= 0.3 is 0 Å². The van der Waals surface area contributed by atoms with E-state index in [-0.39, 0.29) is 5.91 Å². The maximum atomic E-state index is 12.6. The molecule has 1 aliphatic heterocycles. The highest BCUT2D eigenvalue weighted by Gasteiger charge is 2.17. The molecule has 1 aliphatic rings. The van der Waals surface area contributed by atoms with E-state index in [1.807, 2.05) is 30.0 Å². The maximum Gasteiger partial charge on any atom is 0.253 e. The highest BCUT2D eigenvalue weighted by atomic mass is 16.2.